The van der Waals surface area contributed by atoms with Gasteiger partial charge in [0.25, 0.3) is 0 Å². The van der Waals surface area contributed by atoms with Crippen LogP contribution in [0.15, 0.2) is 103 Å². The SMILES string of the molecule is N#Cc1cccc(-c2ccc3c(c2)C(C(=O)N(Cc2ccccc2)C(=N)N)CC(c2ccccc2)O3)c1. The summed E-state index contributed by atoms with van der Waals surface area (Å²) in [5.74, 6) is -0.483. The fraction of sp³-hybridized carbons (Fsp3) is 0.129. The molecule has 5 rings (SSSR count). The molecule has 0 radical (unpaired) electrons. The van der Waals surface area contributed by atoms with Gasteiger partial charge in [0.1, 0.15) is 11.9 Å². The first-order valence-corrected chi connectivity index (χ1v) is 12.1. The van der Waals surface area contributed by atoms with Gasteiger partial charge < -0.3 is 10.5 Å². The van der Waals surface area contributed by atoms with E-state index < -0.39 is 5.92 Å². The van der Waals surface area contributed by atoms with Gasteiger partial charge in [-0.05, 0) is 46.5 Å². The van der Waals surface area contributed by atoms with Crippen LogP contribution >= 0.6 is 0 Å². The van der Waals surface area contributed by atoms with Crippen molar-refractivity contribution >= 4 is 11.9 Å². The molecule has 2 atom stereocenters. The third-order valence-corrected chi connectivity index (χ3v) is 6.64. The minimum atomic E-state index is -0.569. The van der Waals surface area contributed by atoms with E-state index in [9.17, 15) is 10.1 Å². The van der Waals surface area contributed by atoms with E-state index in [1.54, 1.807) is 6.07 Å². The van der Waals surface area contributed by atoms with Gasteiger partial charge in [0.05, 0.1) is 24.1 Å². The van der Waals surface area contributed by atoms with E-state index in [2.05, 4.69) is 6.07 Å². The summed E-state index contributed by atoms with van der Waals surface area (Å²) in [6, 6.07) is 34.7. The number of fused-ring (bicyclic) bond motifs is 1. The molecule has 0 bridgehead atoms. The number of nitriles is 1. The molecule has 0 aromatic heterocycles. The van der Waals surface area contributed by atoms with Gasteiger partial charge in [-0.2, -0.15) is 5.26 Å². The fourth-order valence-corrected chi connectivity index (χ4v) is 4.76. The summed E-state index contributed by atoms with van der Waals surface area (Å²) in [5.41, 5.74) is 10.9. The average molecular weight is 487 g/mol. The maximum absolute atomic E-state index is 14.0. The lowest BCUT2D eigenvalue weighted by atomic mass is 9.84. The Bertz CT molecular complexity index is 1480. The molecule has 0 spiro atoms. The number of hydrogen-bond acceptors (Lipinski definition) is 4. The highest BCUT2D eigenvalue weighted by molar-refractivity contribution is 5.98. The number of nitrogens with one attached hydrogen (secondary N) is 1. The maximum Gasteiger partial charge on any atom is 0.237 e. The molecular formula is C31H26N4O2. The second-order valence-electron chi connectivity index (χ2n) is 9.05. The largest absolute Gasteiger partial charge is 0.485 e. The molecule has 6 heteroatoms. The molecule has 0 saturated heterocycles. The number of nitrogens with two attached hydrogens (primary N) is 1. The lowest BCUT2D eigenvalue weighted by Gasteiger charge is -2.34. The van der Waals surface area contributed by atoms with Crippen LogP contribution in [0.1, 0.15) is 40.7 Å². The summed E-state index contributed by atoms with van der Waals surface area (Å²) in [5, 5.41) is 17.5. The molecule has 2 unspecified atom stereocenters. The maximum atomic E-state index is 14.0. The Morgan fingerprint density at radius 2 is 1.65 bits per heavy atom. The molecule has 0 fully saturated rings. The van der Waals surface area contributed by atoms with Gasteiger partial charge in [0.2, 0.25) is 5.91 Å². The second-order valence-corrected chi connectivity index (χ2v) is 9.05. The van der Waals surface area contributed by atoms with Gasteiger partial charge in [-0.15, -0.1) is 0 Å². The summed E-state index contributed by atoms with van der Waals surface area (Å²) in [4.78, 5) is 15.4. The lowest BCUT2D eigenvalue weighted by Crippen LogP contribution is -2.44. The monoisotopic (exact) mass is 486 g/mol. The van der Waals surface area contributed by atoms with Gasteiger partial charge in [-0.3, -0.25) is 15.1 Å². The second kappa shape index (κ2) is 10.4. The highest BCUT2D eigenvalue weighted by Crippen LogP contribution is 2.44. The number of benzene rings is 4. The minimum Gasteiger partial charge on any atom is -0.485 e. The zero-order chi connectivity index (χ0) is 25.8. The lowest BCUT2D eigenvalue weighted by molar-refractivity contribution is -0.130. The highest BCUT2D eigenvalue weighted by atomic mass is 16.5. The average Bonchev–Trinajstić information content (AvgIpc) is 2.95. The van der Waals surface area contributed by atoms with Crippen LogP contribution in [0.4, 0.5) is 0 Å². The van der Waals surface area contributed by atoms with Crippen molar-refractivity contribution in [1.82, 2.24) is 4.90 Å². The van der Waals surface area contributed by atoms with Gasteiger partial charge in [-0.1, -0.05) is 78.9 Å². The summed E-state index contributed by atoms with van der Waals surface area (Å²) >= 11 is 0. The zero-order valence-corrected chi connectivity index (χ0v) is 20.2. The third-order valence-electron chi connectivity index (χ3n) is 6.64. The van der Waals surface area contributed by atoms with Crippen molar-refractivity contribution in [2.24, 2.45) is 5.73 Å². The van der Waals surface area contributed by atoms with Crippen molar-refractivity contribution in [3.8, 4) is 22.9 Å². The first kappa shape index (κ1) is 23.8. The number of hydrogen-bond donors (Lipinski definition) is 2. The van der Waals surface area contributed by atoms with Gasteiger partial charge in [-0.25, -0.2) is 0 Å². The summed E-state index contributed by atoms with van der Waals surface area (Å²) in [6.07, 6.45) is 0.0942. The van der Waals surface area contributed by atoms with Crippen molar-refractivity contribution in [2.75, 3.05) is 0 Å². The molecule has 6 nitrogen and oxygen atoms in total. The van der Waals surface area contributed by atoms with Gasteiger partial charge in [0.15, 0.2) is 5.96 Å². The van der Waals surface area contributed by atoms with E-state index in [1.807, 2.05) is 97.1 Å². The van der Waals surface area contributed by atoms with Crippen molar-refractivity contribution in [2.45, 2.75) is 25.0 Å². The molecular weight excluding hydrogens is 460 g/mol. The fourth-order valence-electron chi connectivity index (χ4n) is 4.76. The van der Waals surface area contributed by atoms with Crippen molar-refractivity contribution in [3.63, 3.8) is 0 Å². The number of nitrogens with zero attached hydrogens (tertiary/aromatic N) is 2. The van der Waals surface area contributed by atoms with Crippen molar-refractivity contribution in [3.05, 3.63) is 125 Å². The quantitative estimate of drug-likeness (QED) is 0.277. The summed E-state index contributed by atoms with van der Waals surface area (Å²) in [7, 11) is 0. The van der Waals surface area contributed by atoms with Crippen molar-refractivity contribution < 1.29 is 9.53 Å². The smallest absolute Gasteiger partial charge is 0.237 e. The Balaban J connectivity index is 1.56. The van der Waals surface area contributed by atoms with Crippen LogP contribution in [-0.4, -0.2) is 16.8 Å². The van der Waals surface area contributed by atoms with Crippen LogP contribution in [0.2, 0.25) is 0 Å². The number of ether oxygens (including phenoxy) is 1. The van der Waals surface area contributed by atoms with E-state index >= 15 is 0 Å². The Kier molecular flexibility index (Phi) is 6.69. The Labute approximate surface area is 216 Å². The number of carbonyl (C=O) groups excluding carboxylic acids is 1. The van der Waals surface area contributed by atoms with Crippen molar-refractivity contribution in [1.29, 1.82) is 10.7 Å². The molecule has 0 saturated carbocycles. The molecule has 3 N–H and O–H groups in total. The first-order chi connectivity index (χ1) is 18.0. The topological polar surface area (TPSA) is 103 Å². The van der Waals surface area contributed by atoms with E-state index in [-0.39, 0.29) is 24.5 Å². The number of guanidine groups is 1. The van der Waals surface area contributed by atoms with E-state index in [0.717, 1.165) is 27.8 Å². The molecule has 4 aromatic rings. The molecule has 1 aliphatic rings. The Morgan fingerprint density at radius 3 is 2.35 bits per heavy atom. The molecule has 37 heavy (non-hydrogen) atoms. The molecule has 1 heterocycles. The van der Waals surface area contributed by atoms with Crippen LogP contribution < -0.4 is 10.5 Å². The molecule has 0 aliphatic carbocycles. The summed E-state index contributed by atoms with van der Waals surface area (Å²) < 4.78 is 6.38. The van der Waals surface area contributed by atoms with Crippen LogP contribution in [0.5, 0.6) is 5.75 Å². The standard InChI is InChI=1S/C31H26N4O2/c32-19-22-10-7-13-24(16-22)25-14-15-28-26(17-25)27(18-29(37-28)23-11-5-2-6-12-23)30(36)35(31(33)34)20-21-8-3-1-4-9-21/h1-17,27,29H,18,20H2,(H3,33,34). The van der Waals surface area contributed by atoms with Crippen LogP contribution in [0.25, 0.3) is 11.1 Å². The third kappa shape index (κ3) is 5.07. The first-order valence-electron chi connectivity index (χ1n) is 12.1. The minimum absolute atomic E-state index is 0.210. The van der Waals surface area contributed by atoms with Crippen LogP contribution in [-0.2, 0) is 11.3 Å². The number of rotatable bonds is 5. The van der Waals surface area contributed by atoms with E-state index in [1.165, 1.54) is 4.90 Å². The highest BCUT2D eigenvalue weighted by Gasteiger charge is 2.37. The molecule has 4 aromatic carbocycles. The Hall–Kier alpha value is -4.89. The van der Waals surface area contributed by atoms with Gasteiger partial charge >= 0.3 is 0 Å². The number of carbonyl (C=O) groups is 1. The number of amides is 1. The Morgan fingerprint density at radius 1 is 0.946 bits per heavy atom. The molecule has 1 aliphatic heterocycles. The predicted molar refractivity (Wildman–Crippen MR) is 143 cm³/mol. The van der Waals surface area contributed by atoms with E-state index in [0.29, 0.717) is 17.7 Å². The van der Waals surface area contributed by atoms with Gasteiger partial charge in [0, 0.05) is 12.0 Å². The van der Waals surface area contributed by atoms with E-state index in [4.69, 9.17) is 15.9 Å². The zero-order valence-electron chi connectivity index (χ0n) is 20.2. The summed E-state index contributed by atoms with van der Waals surface area (Å²) in [6.45, 7) is 0.210. The van der Waals surface area contributed by atoms with Crippen LogP contribution in [0, 0.1) is 16.7 Å². The van der Waals surface area contributed by atoms with Crippen LogP contribution in [0.3, 0.4) is 0 Å². The molecule has 182 valence electrons. The predicted octanol–water partition coefficient (Wildman–Crippen LogP) is 5.75. The molecule has 1 amide bonds. The normalized spacial score (nSPS) is 16.1.